The Balaban J connectivity index is 1.79. The Morgan fingerprint density at radius 2 is 2.05 bits per heavy atom. The van der Waals surface area contributed by atoms with E-state index in [1.165, 1.54) is 12.8 Å². The summed E-state index contributed by atoms with van der Waals surface area (Å²) in [5.41, 5.74) is 4.75. The van der Waals surface area contributed by atoms with Crippen molar-refractivity contribution in [2.45, 2.75) is 32.6 Å². The van der Waals surface area contributed by atoms with Crippen LogP contribution < -0.4 is 5.32 Å². The number of nitrogens with zero attached hydrogens (tertiary/aromatic N) is 5. The lowest BCUT2D eigenvalue weighted by atomic mass is 10.2. The minimum Gasteiger partial charge on any atom is -0.339 e. The molecule has 21 heavy (non-hydrogen) atoms. The number of aryl methyl sites for hydroxylation is 2. The number of nitrogens with one attached hydrogen (secondary N) is 2. The summed E-state index contributed by atoms with van der Waals surface area (Å²) < 4.78 is 1.82. The van der Waals surface area contributed by atoms with E-state index in [-0.39, 0.29) is 0 Å². The van der Waals surface area contributed by atoms with Crippen LogP contribution in [-0.4, -0.2) is 29.7 Å². The predicted molar refractivity (Wildman–Crippen MR) is 79.6 cm³/mol. The Morgan fingerprint density at radius 1 is 1.24 bits per heavy atom. The Kier molecular flexibility index (Phi) is 2.51. The molecular formula is C14H17N7. The van der Waals surface area contributed by atoms with Gasteiger partial charge in [-0.15, -0.1) is 0 Å². The highest BCUT2D eigenvalue weighted by Crippen LogP contribution is 2.41. The standard InChI is InChI=1S/C14H17N7/c1-7-10(6-15-21(7)3)18-14-19-11(9-4-5-9)12-13(20-14)17-8(2)16-12/h6,9H,4-5H2,1-3H3,(H2,16,17,18,19,20). The van der Waals surface area contributed by atoms with Crippen LogP contribution in [0.1, 0.15) is 36.0 Å². The fraction of sp³-hybridized carbons (Fsp3) is 0.429. The van der Waals surface area contributed by atoms with Crippen LogP contribution in [0.25, 0.3) is 11.2 Å². The van der Waals surface area contributed by atoms with Crippen LogP contribution in [0.4, 0.5) is 11.6 Å². The minimum absolute atomic E-state index is 0.533. The van der Waals surface area contributed by atoms with Crippen molar-refractivity contribution in [1.82, 2.24) is 29.7 Å². The van der Waals surface area contributed by atoms with Crippen LogP contribution in [0.5, 0.6) is 0 Å². The normalized spacial score (nSPS) is 14.8. The summed E-state index contributed by atoms with van der Waals surface area (Å²) >= 11 is 0. The third-order valence-corrected chi connectivity index (χ3v) is 3.94. The predicted octanol–water partition coefficient (Wildman–Crippen LogP) is 2.32. The summed E-state index contributed by atoms with van der Waals surface area (Å²) in [6.45, 7) is 3.95. The van der Waals surface area contributed by atoms with Gasteiger partial charge in [-0.05, 0) is 26.7 Å². The van der Waals surface area contributed by atoms with E-state index in [0.29, 0.717) is 11.9 Å². The molecule has 7 nitrogen and oxygen atoms in total. The second kappa shape index (κ2) is 4.28. The molecule has 0 atom stereocenters. The van der Waals surface area contributed by atoms with E-state index in [1.807, 2.05) is 25.6 Å². The van der Waals surface area contributed by atoms with Crippen molar-refractivity contribution < 1.29 is 0 Å². The molecule has 1 aliphatic rings. The summed E-state index contributed by atoms with van der Waals surface area (Å²) in [5, 5.41) is 7.48. The topological polar surface area (TPSA) is 84.3 Å². The van der Waals surface area contributed by atoms with Gasteiger partial charge in [0.25, 0.3) is 0 Å². The van der Waals surface area contributed by atoms with Gasteiger partial charge in [0.05, 0.1) is 23.3 Å². The van der Waals surface area contributed by atoms with Crippen molar-refractivity contribution in [3.8, 4) is 0 Å². The maximum atomic E-state index is 4.69. The van der Waals surface area contributed by atoms with Gasteiger partial charge in [-0.1, -0.05) is 0 Å². The Labute approximate surface area is 121 Å². The minimum atomic E-state index is 0.533. The largest absolute Gasteiger partial charge is 0.339 e. The van der Waals surface area contributed by atoms with Gasteiger partial charge in [-0.3, -0.25) is 4.68 Å². The zero-order valence-electron chi connectivity index (χ0n) is 12.3. The molecular weight excluding hydrogens is 266 g/mol. The summed E-state index contributed by atoms with van der Waals surface area (Å²) in [6.07, 6.45) is 4.17. The van der Waals surface area contributed by atoms with Gasteiger partial charge in [0.1, 0.15) is 11.3 Å². The van der Waals surface area contributed by atoms with E-state index < -0.39 is 0 Å². The number of aromatic amines is 1. The van der Waals surface area contributed by atoms with Crippen LogP contribution in [0.15, 0.2) is 6.20 Å². The molecule has 4 rings (SSSR count). The molecule has 3 aromatic heterocycles. The van der Waals surface area contributed by atoms with E-state index in [4.69, 9.17) is 4.98 Å². The number of hydrogen-bond acceptors (Lipinski definition) is 5. The molecule has 0 unspecified atom stereocenters. The van der Waals surface area contributed by atoms with Gasteiger partial charge in [0, 0.05) is 13.0 Å². The number of H-pyrrole nitrogens is 1. The monoisotopic (exact) mass is 283 g/mol. The second-order valence-electron chi connectivity index (χ2n) is 5.62. The van der Waals surface area contributed by atoms with E-state index in [2.05, 4.69) is 25.4 Å². The smallest absolute Gasteiger partial charge is 0.229 e. The first kappa shape index (κ1) is 12.3. The molecule has 3 aromatic rings. The maximum Gasteiger partial charge on any atom is 0.229 e. The Morgan fingerprint density at radius 3 is 2.71 bits per heavy atom. The van der Waals surface area contributed by atoms with Gasteiger partial charge >= 0.3 is 0 Å². The van der Waals surface area contributed by atoms with E-state index in [9.17, 15) is 0 Å². The molecule has 0 amide bonds. The van der Waals surface area contributed by atoms with Crippen LogP contribution in [0.3, 0.4) is 0 Å². The quantitative estimate of drug-likeness (QED) is 0.770. The summed E-state index contributed by atoms with van der Waals surface area (Å²) in [4.78, 5) is 16.9. The first-order chi connectivity index (χ1) is 10.1. The molecule has 108 valence electrons. The highest BCUT2D eigenvalue weighted by atomic mass is 15.3. The molecule has 0 bridgehead atoms. The maximum absolute atomic E-state index is 4.69. The molecule has 0 radical (unpaired) electrons. The van der Waals surface area contributed by atoms with Crippen molar-refractivity contribution in [1.29, 1.82) is 0 Å². The lowest BCUT2D eigenvalue weighted by Gasteiger charge is -2.06. The number of rotatable bonds is 3. The highest BCUT2D eigenvalue weighted by Gasteiger charge is 2.29. The molecule has 1 saturated carbocycles. The average Bonchev–Trinajstić information content (AvgIpc) is 3.16. The van der Waals surface area contributed by atoms with Gasteiger partial charge in [0.2, 0.25) is 5.95 Å². The number of fused-ring (bicyclic) bond motifs is 1. The first-order valence-corrected chi connectivity index (χ1v) is 7.11. The molecule has 1 fully saturated rings. The molecule has 0 saturated heterocycles. The molecule has 0 aliphatic heterocycles. The number of anilines is 2. The van der Waals surface area contributed by atoms with E-state index in [0.717, 1.165) is 34.1 Å². The number of hydrogen-bond donors (Lipinski definition) is 2. The SMILES string of the molecule is Cc1nc2nc(Nc3cnn(C)c3C)nc(C3CC3)c2[nH]1. The van der Waals surface area contributed by atoms with Crippen LogP contribution >= 0.6 is 0 Å². The van der Waals surface area contributed by atoms with Crippen LogP contribution in [-0.2, 0) is 7.05 Å². The van der Waals surface area contributed by atoms with Gasteiger partial charge in [0.15, 0.2) is 5.65 Å². The lowest BCUT2D eigenvalue weighted by Crippen LogP contribution is -2.02. The number of imidazole rings is 1. The summed E-state index contributed by atoms with van der Waals surface area (Å²) in [6, 6.07) is 0. The third kappa shape index (κ3) is 2.05. The molecule has 2 N–H and O–H groups in total. The molecule has 3 heterocycles. The number of aromatic nitrogens is 6. The average molecular weight is 283 g/mol. The molecule has 7 heteroatoms. The van der Waals surface area contributed by atoms with Crippen molar-refractivity contribution in [3.63, 3.8) is 0 Å². The van der Waals surface area contributed by atoms with Crippen molar-refractivity contribution in [2.75, 3.05) is 5.32 Å². The summed E-state index contributed by atoms with van der Waals surface area (Å²) in [7, 11) is 1.91. The van der Waals surface area contributed by atoms with E-state index >= 15 is 0 Å². The second-order valence-corrected chi connectivity index (χ2v) is 5.62. The first-order valence-electron chi connectivity index (χ1n) is 7.11. The van der Waals surface area contributed by atoms with Gasteiger partial charge < -0.3 is 10.3 Å². The fourth-order valence-electron chi connectivity index (χ4n) is 2.48. The zero-order valence-corrected chi connectivity index (χ0v) is 12.3. The van der Waals surface area contributed by atoms with Crippen LogP contribution in [0.2, 0.25) is 0 Å². The highest BCUT2D eigenvalue weighted by molar-refractivity contribution is 5.76. The van der Waals surface area contributed by atoms with E-state index in [1.54, 1.807) is 6.20 Å². The Hall–Kier alpha value is -2.44. The third-order valence-electron chi connectivity index (χ3n) is 3.94. The van der Waals surface area contributed by atoms with Crippen LogP contribution in [0, 0.1) is 13.8 Å². The van der Waals surface area contributed by atoms with Gasteiger partial charge in [-0.25, -0.2) is 9.97 Å². The molecule has 1 aliphatic carbocycles. The Bertz CT molecular complexity index is 825. The summed E-state index contributed by atoms with van der Waals surface area (Å²) in [5.74, 6) is 1.99. The molecule has 0 spiro atoms. The van der Waals surface area contributed by atoms with Crippen molar-refractivity contribution >= 4 is 22.8 Å². The lowest BCUT2D eigenvalue weighted by molar-refractivity contribution is 0.740. The fourth-order valence-corrected chi connectivity index (χ4v) is 2.48. The van der Waals surface area contributed by atoms with Crippen molar-refractivity contribution in [2.24, 2.45) is 7.05 Å². The molecule has 0 aromatic carbocycles. The van der Waals surface area contributed by atoms with Gasteiger partial charge in [-0.2, -0.15) is 10.1 Å². The van der Waals surface area contributed by atoms with Crippen molar-refractivity contribution in [3.05, 3.63) is 23.4 Å². The zero-order chi connectivity index (χ0) is 14.6.